The van der Waals surface area contributed by atoms with E-state index in [0.29, 0.717) is 31.7 Å². The highest BCUT2D eigenvalue weighted by atomic mass is 19.1. The Kier molecular flexibility index (Phi) is 4.39. The Morgan fingerprint density at radius 3 is 2.58 bits per heavy atom. The van der Waals surface area contributed by atoms with Crippen LogP contribution in [0.25, 0.3) is 10.9 Å². The van der Waals surface area contributed by atoms with Crippen LogP contribution in [0, 0.1) is 5.82 Å². The maximum atomic E-state index is 13.3. The molecule has 0 atom stereocenters. The molecule has 4 nitrogen and oxygen atoms in total. The number of anilines is 1. The summed E-state index contributed by atoms with van der Waals surface area (Å²) >= 11 is 0. The van der Waals surface area contributed by atoms with Crippen LogP contribution in [0.4, 0.5) is 10.1 Å². The number of fused-ring (bicyclic) bond motifs is 1. The van der Waals surface area contributed by atoms with E-state index in [1.165, 1.54) is 12.1 Å². The molecule has 1 aromatic heterocycles. The van der Waals surface area contributed by atoms with Crippen molar-refractivity contribution < 1.29 is 13.9 Å². The summed E-state index contributed by atoms with van der Waals surface area (Å²) in [7, 11) is 0. The molecule has 2 aromatic carbocycles. The molecule has 1 amide bonds. The first-order valence-corrected chi connectivity index (χ1v) is 8.67. The number of ether oxygens (including phenoxy) is 1. The zero-order valence-electron chi connectivity index (χ0n) is 14.2. The molecule has 26 heavy (non-hydrogen) atoms. The molecule has 0 bridgehead atoms. The van der Waals surface area contributed by atoms with E-state index in [2.05, 4.69) is 10.3 Å². The summed E-state index contributed by atoms with van der Waals surface area (Å²) < 4.78 is 18.8. The fourth-order valence-electron chi connectivity index (χ4n) is 3.53. The highest BCUT2D eigenvalue weighted by Gasteiger charge is 2.41. The molecule has 0 spiro atoms. The van der Waals surface area contributed by atoms with Crippen molar-refractivity contribution in [3.63, 3.8) is 0 Å². The van der Waals surface area contributed by atoms with Crippen LogP contribution in [0.5, 0.6) is 0 Å². The number of carbonyl (C=O) groups is 1. The number of nitrogens with one attached hydrogen (secondary N) is 1. The number of carbonyl (C=O) groups excluding carboxylic acids is 1. The summed E-state index contributed by atoms with van der Waals surface area (Å²) in [6, 6.07) is 15.9. The largest absolute Gasteiger partial charge is 0.381 e. The number of hydrogen-bond donors (Lipinski definition) is 1. The van der Waals surface area contributed by atoms with Gasteiger partial charge in [-0.1, -0.05) is 30.3 Å². The van der Waals surface area contributed by atoms with Gasteiger partial charge in [-0.05, 0) is 42.7 Å². The van der Waals surface area contributed by atoms with Gasteiger partial charge in [-0.2, -0.15) is 0 Å². The van der Waals surface area contributed by atoms with Crippen LogP contribution in [0.15, 0.2) is 60.8 Å². The van der Waals surface area contributed by atoms with Crippen molar-refractivity contribution >= 4 is 22.5 Å². The van der Waals surface area contributed by atoms with Gasteiger partial charge in [-0.3, -0.25) is 9.78 Å². The number of amides is 1. The SMILES string of the molecule is O=C(Nc1cnc2ccccc2c1)C1(c2ccc(F)cc2)CCOCC1. The van der Waals surface area contributed by atoms with Crippen molar-refractivity contribution in [1.82, 2.24) is 4.98 Å². The third-order valence-corrected chi connectivity index (χ3v) is 5.03. The molecular weight excluding hydrogens is 331 g/mol. The van der Waals surface area contributed by atoms with Gasteiger partial charge in [-0.15, -0.1) is 0 Å². The van der Waals surface area contributed by atoms with Gasteiger partial charge < -0.3 is 10.1 Å². The molecule has 0 radical (unpaired) electrons. The molecule has 1 saturated heterocycles. The normalized spacial score (nSPS) is 16.3. The molecule has 0 saturated carbocycles. The van der Waals surface area contributed by atoms with Gasteiger partial charge in [0.25, 0.3) is 0 Å². The molecule has 1 aliphatic heterocycles. The van der Waals surface area contributed by atoms with Gasteiger partial charge in [0.2, 0.25) is 5.91 Å². The van der Waals surface area contributed by atoms with Crippen LogP contribution < -0.4 is 5.32 Å². The summed E-state index contributed by atoms with van der Waals surface area (Å²) in [6.07, 6.45) is 2.79. The highest BCUT2D eigenvalue weighted by molar-refractivity contribution is 6.00. The molecule has 4 rings (SSSR count). The number of para-hydroxylation sites is 1. The number of benzene rings is 2. The van der Waals surface area contributed by atoms with Gasteiger partial charge in [0.1, 0.15) is 5.82 Å². The first-order chi connectivity index (χ1) is 12.7. The number of halogens is 1. The zero-order chi connectivity index (χ0) is 18.0. The third kappa shape index (κ3) is 3.06. The summed E-state index contributed by atoms with van der Waals surface area (Å²) in [5.74, 6) is -0.417. The molecule has 132 valence electrons. The average Bonchev–Trinajstić information content (AvgIpc) is 2.69. The van der Waals surface area contributed by atoms with E-state index >= 15 is 0 Å². The van der Waals surface area contributed by atoms with E-state index in [0.717, 1.165) is 16.5 Å². The molecule has 1 fully saturated rings. The lowest BCUT2D eigenvalue weighted by Crippen LogP contribution is -2.44. The van der Waals surface area contributed by atoms with Crippen molar-refractivity contribution in [3.8, 4) is 0 Å². The first-order valence-electron chi connectivity index (χ1n) is 8.67. The summed E-state index contributed by atoms with van der Waals surface area (Å²) in [6.45, 7) is 1.00. The molecular formula is C21H19FN2O2. The topological polar surface area (TPSA) is 51.2 Å². The molecule has 2 heterocycles. The van der Waals surface area contributed by atoms with Gasteiger partial charge >= 0.3 is 0 Å². The quantitative estimate of drug-likeness (QED) is 0.775. The highest BCUT2D eigenvalue weighted by Crippen LogP contribution is 2.36. The zero-order valence-corrected chi connectivity index (χ0v) is 14.2. The van der Waals surface area contributed by atoms with Crippen molar-refractivity contribution in [2.24, 2.45) is 0 Å². The molecule has 3 aromatic rings. The molecule has 0 unspecified atom stereocenters. The number of rotatable bonds is 3. The lowest BCUT2D eigenvalue weighted by molar-refractivity contribution is -0.125. The number of hydrogen-bond acceptors (Lipinski definition) is 3. The lowest BCUT2D eigenvalue weighted by atomic mass is 9.73. The minimum absolute atomic E-state index is 0.107. The van der Waals surface area contributed by atoms with Crippen molar-refractivity contribution in [3.05, 3.63) is 72.2 Å². The second-order valence-corrected chi connectivity index (χ2v) is 6.57. The number of nitrogens with zero attached hydrogens (tertiary/aromatic N) is 1. The van der Waals surface area contributed by atoms with E-state index in [1.54, 1.807) is 18.3 Å². The maximum Gasteiger partial charge on any atom is 0.235 e. The average molecular weight is 350 g/mol. The van der Waals surface area contributed by atoms with Crippen LogP contribution in [0.2, 0.25) is 0 Å². The monoisotopic (exact) mass is 350 g/mol. The van der Waals surface area contributed by atoms with E-state index in [4.69, 9.17) is 4.74 Å². The van der Waals surface area contributed by atoms with Gasteiger partial charge in [-0.25, -0.2) is 4.39 Å². The van der Waals surface area contributed by atoms with Crippen LogP contribution >= 0.6 is 0 Å². The summed E-state index contributed by atoms with van der Waals surface area (Å²) in [5.41, 5.74) is 1.62. The Labute approximate surface area is 151 Å². The van der Waals surface area contributed by atoms with E-state index in [9.17, 15) is 9.18 Å². The Morgan fingerprint density at radius 2 is 1.81 bits per heavy atom. The fraction of sp³-hybridized carbons (Fsp3) is 0.238. The van der Waals surface area contributed by atoms with Crippen LogP contribution in [0.1, 0.15) is 18.4 Å². The Hall–Kier alpha value is -2.79. The van der Waals surface area contributed by atoms with Crippen LogP contribution in [-0.4, -0.2) is 24.1 Å². The Balaban J connectivity index is 1.66. The van der Waals surface area contributed by atoms with E-state index in [1.807, 2.05) is 30.3 Å². The van der Waals surface area contributed by atoms with Gasteiger partial charge in [0, 0.05) is 18.6 Å². The van der Waals surface area contributed by atoms with E-state index < -0.39 is 5.41 Å². The second kappa shape index (κ2) is 6.84. The lowest BCUT2D eigenvalue weighted by Gasteiger charge is -2.36. The number of pyridine rings is 1. The smallest absolute Gasteiger partial charge is 0.235 e. The van der Waals surface area contributed by atoms with Crippen molar-refractivity contribution in [2.45, 2.75) is 18.3 Å². The third-order valence-electron chi connectivity index (χ3n) is 5.03. The predicted molar refractivity (Wildman–Crippen MR) is 98.5 cm³/mol. The Bertz CT molecular complexity index is 934. The number of aromatic nitrogens is 1. The fourth-order valence-corrected chi connectivity index (χ4v) is 3.53. The van der Waals surface area contributed by atoms with E-state index in [-0.39, 0.29) is 11.7 Å². The predicted octanol–water partition coefficient (Wildman–Crippen LogP) is 4.06. The molecule has 5 heteroatoms. The standard InChI is InChI=1S/C21H19FN2O2/c22-17-7-5-16(6-8-17)21(9-11-26-12-10-21)20(25)24-18-13-15-3-1-2-4-19(15)23-14-18/h1-8,13-14H,9-12H2,(H,24,25). The van der Waals surface area contributed by atoms with Crippen molar-refractivity contribution in [2.75, 3.05) is 18.5 Å². The summed E-state index contributed by atoms with van der Waals surface area (Å²) in [4.78, 5) is 17.6. The van der Waals surface area contributed by atoms with Gasteiger partial charge in [0.15, 0.2) is 0 Å². The minimum atomic E-state index is -0.725. The first kappa shape index (κ1) is 16.7. The summed E-state index contributed by atoms with van der Waals surface area (Å²) in [5, 5.41) is 3.97. The minimum Gasteiger partial charge on any atom is -0.381 e. The van der Waals surface area contributed by atoms with Crippen molar-refractivity contribution in [1.29, 1.82) is 0 Å². The van der Waals surface area contributed by atoms with Crippen LogP contribution in [0.3, 0.4) is 0 Å². The van der Waals surface area contributed by atoms with Gasteiger partial charge in [0.05, 0.1) is 22.8 Å². The maximum absolute atomic E-state index is 13.3. The second-order valence-electron chi connectivity index (χ2n) is 6.57. The molecule has 0 aliphatic carbocycles. The molecule has 1 N–H and O–H groups in total. The Morgan fingerprint density at radius 1 is 1.08 bits per heavy atom. The molecule has 1 aliphatic rings. The van der Waals surface area contributed by atoms with Crippen LogP contribution in [-0.2, 0) is 14.9 Å².